The van der Waals surface area contributed by atoms with Gasteiger partial charge in [0.15, 0.2) is 0 Å². The summed E-state index contributed by atoms with van der Waals surface area (Å²) in [5.74, 6) is -0.511. The van der Waals surface area contributed by atoms with Crippen LogP contribution in [-0.2, 0) is 20.0 Å². The SMILES string of the molecule is Cc1ccc(S(=O)(=O)c2ccc3c(N)c(S(=O)(=O)O)cc(O)c3c2)cc1. The molecule has 0 saturated heterocycles. The Labute approximate surface area is 150 Å². The molecule has 0 saturated carbocycles. The van der Waals surface area contributed by atoms with Gasteiger partial charge in [-0.2, -0.15) is 8.42 Å². The molecule has 0 spiro atoms. The summed E-state index contributed by atoms with van der Waals surface area (Å²) >= 11 is 0. The van der Waals surface area contributed by atoms with E-state index in [4.69, 9.17) is 5.73 Å². The Morgan fingerprint density at radius 3 is 2.00 bits per heavy atom. The van der Waals surface area contributed by atoms with E-state index in [1.54, 1.807) is 12.1 Å². The molecule has 0 fully saturated rings. The van der Waals surface area contributed by atoms with Crippen LogP contribution >= 0.6 is 0 Å². The first-order chi connectivity index (χ1) is 12.0. The fraction of sp³-hybridized carbons (Fsp3) is 0.0588. The van der Waals surface area contributed by atoms with Crippen LogP contribution < -0.4 is 5.73 Å². The molecule has 3 aromatic carbocycles. The minimum Gasteiger partial charge on any atom is -0.507 e. The smallest absolute Gasteiger partial charge is 0.296 e. The molecule has 0 aliphatic rings. The molecule has 136 valence electrons. The highest BCUT2D eigenvalue weighted by molar-refractivity contribution is 7.91. The number of anilines is 1. The van der Waals surface area contributed by atoms with Crippen molar-refractivity contribution < 1.29 is 26.5 Å². The maximum atomic E-state index is 12.8. The van der Waals surface area contributed by atoms with E-state index in [-0.39, 0.29) is 26.3 Å². The number of sulfone groups is 1. The largest absolute Gasteiger partial charge is 0.507 e. The Bertz CT molecular complexity index is 1230. The minimum atomic E-state index is -4.64. The number of fused-ring (bicyclic) bond motifs is 1. The molecule has 7 nitrogen and oxygen atoms in total. The lowest BCUT2D eigenvalue weighted by Gasteiger charge is -2.11. The average molecular weight is 393 g/mol. The molecule has 0 aromatic heterocycles. The van der Waals surface area contributed by atoms with Gasteiger partial charge in [-0.3, -0.25) is 4.55 Å². The van der Waals surface area contributed by atoms with Crippen molar-refractivity contribution in [2.75, 3.05) is 5.73 Å². The normalized spacial score (nSPS) is 12.4. The van der Waals surface area contributed by atoms with E-state index < -0.39 is 30.6 Å². The third-order valence-electron chi connectivity index (χ3n) is 4.01. The summed E-state index contributed by atoms with van der Waals surface area (Å²) in [5, 5.41) is 10.3. The van der Waals surface area contributed by atoms with Crippen LogP contribution in [-0.4, -0.2) is 26.5 Å². The van der Waals surface area contributed by atoms with Crippen molar-refractivity contribution in [3.63, 3.8) is 0 Å². The topological polar surface area (TPSA) is 135 Å². The maximum Gasteiger partial charge on any atom is 0.296 e. The molecule has 9 heteroatoms. The van der Waals surface area contributed by atoms with Crippen LogP contribution in [0.15, 0.2) is 63.2 Å². The van der Waals surface area contributed by atoms with Gasteiger partial charge in [0.1, 0.15) is 10.6 Å². The van der Waals surface area contributed by atoms with Crippen LogP contribution in [0.4, 0.5) is 5.69 Å². The predicted octanol–water partition coefficient (Wildman–Crippen LogP) is 2.52. The number of aromatic hydroxyl groups is 1. The van der Waals surface area contributed by atoms with Gasteiger partial charge in [-0.1, -0.05) is 23.8 Å². The zero-order valence-corrected chi connectivity index (χ0v) is 15.2. The first-order valence-electron chi connectivity index (χ1n) is 7.36. The van der Waals surface area contributed by atoms with E-state index in [0.717, 1.165) is 11.6 Å². The molecule has 26 heavy (non-hydrogen) atoms. The predicted molar refractivity (Wildman–Crippen MR) is 96.5 cm³/mol. The van der Waals surface area contributed by atoms with Gasteiger partial charge < -0.3 is 10.8 Å². The van der Waals surface area contributed by atoms with Gasteiger partial charge in [0.05, 0.1) is 15.5 Å². The molecule has 0 aliphatic heterocycles. The highest BCUT2D eigenvalue weighted by Crippen LogP contribution is 2.37. The van der Waals surface area contributed by atoms with Gasteiger partial charge in [-0.15, -0.1) is 0 Å². The zero-order valence-electron chi connectivity index (χ0n) is 13.5. The van der Waals surface area contributed by atoms with E-state index in [1.807, 2.05) is 6.92 Å². The molecular weight excluding hydrogens is 378 g/mol. The van der Waals surface area contributed by atoms with Crippen LogP contribution in [0.3, 0.4) is 0 Å². The number of phenols is 1. The number of nitrogens with two attached hydrogens (primary N) is 1. The fourth-order valence-electron chi connectivity index (χ4n) is 2.62. The molecule has 3 rings (SSSR count). The van der Waals surface area contributed by atoms with Gasteiger partial charge >= 0.3 is 0 Å². The van der Waals surface area contributed by atoms with Crippen molar-refractivity contribution in [1.82, 2.24) is 0 Å². The summed E-state index contributed by atoms with van der Waals surface area (Å²) in [4.78, 5) is -0.635. The number of aryl methyl sites for hydroxylation is 1. The number of phenolic OH excluding ortho intramolecular Hbond substituents is 1. The van der Waals surface area contributed by atoms with E-state index in [9.17, 15) is 26.5 Å². The monoisotopic (exact) mass is 393 g/mol. The van der Waals surface area contributed by atoms with Gasteiger partial charge in [0.25, 0.3) is 10.1 Å². The molecule has 3 aromatic rings. The molecule has 0 aliphatic carbocycles. The molecule has 0 radical (unpaired) electrons. The van der Waals surface area contributed by atoms with Gasteiger partial charge in [-0.25, -0.2) is 8.42 Å². The Kier molecular flexibility index (Phi) is 4.18. The lowest BCUT2D eigenvalue weighted by molar-refractivity contribution is 0.471. The molecule has 0 bridgehead atoms. The van der Waals surface area contributed by atoms with Crippen LogP contribution in [0.5, 0.6) is 5.75 Å². The Hall–Kier alpha value is -2.62. The molecule has 0 unspecified atom stereocenters. The number of rotatable bonds is 3. The fourth-order valence-corrected chi connectivity index (χ4v) is 4.55. The highest BCUT2D eigenvalue weighted by atomic mass is 32.2. The second kappa shape index (κ2) is 5.97. The van der Waals surface area contributed by atoms with Crippen LogP contribution in [0, 0.1) is 6.92 Å². The lowest BCUT2D eigenvalue weighted by atomic mass is 10.1. The van der Waals surface area contributed by atoms with Crippen molar-refractivity contribution in [2.45, 2.75) is 21.6 Å². The van der Waals surface area contributed by atoms with Gasteiger partial charge in [0, 0.05) is 16.8 Å². The number of nitrogen functional groups attached to an aromatic ring is 1. The average Bonchev–Trinajstić information content (AvgIpc) is 2.57. The summed E-state index contributed by atoms with van der Waals surface area (Å²) < 4.78 is 57.4. The highest BCUT2D eigenvalue weighted by Gasteiger charge is 2.22. The number of hydrogen-bond donors (Lipinski definition) is 3. The standard InChI is InChI=1S/C17H15NO6S2/c1-10-2-4-11(5-3-10)25(20,21)12-6-7-13-14(8-12)15(19)9-16(17(13)18)26(22,23)24/h2-9,19H,18H2,1H3,(H,22,23,24). The number of hydrogen-bond acceptors (Lipinski definition) is 6. The second-order valence-corrected chi connectivity index (χ2v) is 9.15. The van der Waals surface area contributed by atoms with E-state index in [1.165, 1.54) is 30.3 Å². The second-order valence-electron chi connectivity index (χ2n) is 5.81. The van der Waals surface area contributed by atoms with Crippen LogP contribution in [0.1, 0.15) is 5.56 Å². The van der Waals surface area contributed by atoms with Crippen molar-refractivity contribution in [3.05, 3.63) is 54.1 Å². The van der Waals surface area contributed by atoms with E-state index >= 15 is 0 Å². The van der Waals surface area contributed by atoms with E-state index in [0.29, 0.717) is 0 Å². The molecule has 0 atom stereocenters. The summed E-state index contributed by atoms with van der Waals surface area (Å²) in [7, 11) is -8.47. The quantitative estimate of drug-likeness (QED) is 0.353. The molecule has 4 N–H and O–H groups in total. The summed E-state index contributed by atoms with van der Waals surface area (Å²) in [5.41, 5.74) is 6.39. The zero-order chi connectivity index (χ0) is 19.3. The summed E-state index contributed by atoms with van der Waals surface area (Å²) in [6.07, 6.45) is 0. The van der Waals surface area contributed by atoms with Gasteiger partial charge in [-0.05, 0) is 31.2 Å². The summed E-state index contributed by atoms with van der Waals surface area (Å²) in [6, 6.07) is 10.8. The Morgan fingerprint density at radius 1 is 0.846 bits per heavy atom. The first kappa shape index (κ1) is 18.2. The summed E-state index contributed by atoms with van der Waals surface area (Å²) in [6.45, 7) is 1.83. The lowest BCUT2D eigenvalue weighted by Crippen LogP contribution is -2.05. The number of benzene rings is 3. The first-order valence-corrected chi connectivity index (χ1v) is 10.3. The van der Waals surface area contributed by atoms with Gasteiger partial charge in [0.2, 0.25) is 9.84 Å². The van der Waals surface area contributed by atoms with Crippen LogP contribution in [0.25, 0.3) is 10.8 Å². The molecule has 0 heterocycles. The van der Waals surface area contributed by atoms with Crippen molar-refractivity contribution in [3.8, 4) is 5.75 Å². The molecular formula is C17H15NO6S2. The van der Waals surface area contributed by atoms with E-state index in [2.05, 4.69) is 0 Å². The van der Waals surface area contributed by atoms with Crippen molar-refractivity contribution in [2.24, 2.45) is 0 Å². The Morgan fingerprint density at radius 2 is 1.42 bits per heavy atom. The third-order valence-corrected chi connectivity index (χ3v) is 6.67. The Balaban J connectivity index is 2.25. The molecule has 0 amide bonds. The third kappa shape index (κ3) is 3.00. The maximum absolute atomic E-state index is 12.8. The minimum absolute atomic E-state index is 0.0584. The van der Waals surface area contributed by atoms with Crippen LogP contribution in [0.2, 0.25) is 0 Å². The van der Waals surface area contributed by atoms with Crippen molar-refractivity contribution >= 4 is 36.4 Å². The van der Waals surface area contributed by atoms with Crippen molar-refractivity contribution in [1.29, 1.82) is 0 Å².